The summed E-state index contributed by atoms with van der Waals surface area (Å²) in [6.45, 7) is 2.98. The molecule has 0 saturated heterocycles. The van der Waals surface area contributed by atoms with Gasteiger partial charge in [0.25, 0.3) is 10.1 Å². The Balaban J connectivity index is 1.70. The van der Waals surface area contributed by atoms with E-state index >= 15 is 0 Å². The van der Waals surface area contributed by atoms with Gasteiger partial charge in [0.1, 0.15) is 12.2 Å². The van der Waals surface area contributed by atoms with E-state index in [0.717, 1.165) is 30.2 Å². The second-order valence-corrected chi connectivity index (χ2v) is 14.5. The number of allylic oxidation sites excluding steroid dienone is 2. The fourth-order valence-electron chi connectivity index (χ4n) is 4.98. The summed E-state index contributed by atoms with van der Waals surface area (Å²) in [6, 6.07) is 30.1. The first-order valence-corrected chi connectivity index (χ1v) is 19.3. The van der Waals surface area contributed by atoms with Crippen LogP contribution in [0.3, 0.4) is 0 Å². The van der Waals surface area contributed by atoms with Crippen molar-refractivity contribution < 1.29 is 22.1 Å². The van der Waals surface area contributed by atoms with Gasteiger partial charge >= 0.3 is 0 Å². The van der Waals surface area contributed by atoms with Gasteiger partial charge in [-0.25, -0.2) is 0 Å². The zero-order valence-electron chi connectivity index (χ0n) is 27.5. The first kappa shape index (κ1) is 37.8. The summed E-state index contributed by atoms with van der Waals surface area (Å²) in [4.78, 5) is 1.21. The molecule has 7 heteroatoms. The third kappa shape index (κ3) is 17.3. The van der Waals surface area contributed by atoms with Crippen LogP contribution >= 0.6 is 11.8 Å². The molecule has 3 rings (SSSR count). The van der Waals surface area contributed by atoms with Crippen molar-refractivity contribution in [2.24, 2.45) is 0 Å². The molecule has 0 fully saturated rings. The minimum Gasteiger partial charge on any atom is -0.374 e. The number of rotatable bonds is 24. The van der Waals surface area contributed by atoms with Crippen molar-refractivity contribution in [3.8, 4) is 0 Å². The van der Waals surface area contributed by atoms with E-state index in [4.69, 9.17) is 13.7 Å². The number of ether oxygens (including phenoxy) is 2. The zero-order chi connectivity index (χ0) is 32.7. The SMILES string of the molecule is CCCCCCCCC/C=C/C(C/C=C/[C@@H](OCc1ccccc1)[C@@H](COCc1ccccc1)OS(C)(=O)=O)Sc1ccccc1. The standard InChI is InChI=1S/C39H52O5S2/c1-3-4-5-6-7-8-9-10-18-26-37(45-36-27-19-13-20-28-36)29-21-30-38(43-32-35-24-16-12-17-25-35)39(44-46(2,40)41)33-42-31-34-22-14-11-15-23-34/h11-28,30,37-39H,3-10,29,31-33H2,1-2H3/b26-18+,30-21+/t37?,38-,39-/m1/s1. The van der Waals surface area contributed by atoms with Crippen LogP contribution in [-0.4, -0.2) is 38.7 Å². The predicted molar refractivity (Wildman–Crippen MR) is 192 cm³/mol. The van der Waals surface area contributed by atoms with E-state index in [0.29, 0.717) is 13.2 Å². The summed E-state index contributed by atoms with van der Waals surface area (Å²) in [6.07, 6.45) is 19.2. The van der Waals surface area contributed by atoms with Crippen LogP contribution in [0, 0.1) is 0 Å². The van der Waals surface area contributed by atoms with Gasteiger partial charge in [0, 0.05) is 10.1 Å². The van der Waals surface area contributed by atoms with Crippen LogP contribution in [-0.2, 0) is 37.0 Å². The molecule has 0 heterocycles. The predicted octanol–water partition coefficient (Wildman–Crippen LogP) is 9.94. The first-order valence-electron chi connectivity index (χ1n) is 16.6. The van der Waals surface area contributed by atoms with Gasteiger partial charge in [-0.05, 0) is 42.5 Å². The van der Waals surface area contributed by atoms with Crippen molar-refractivity contribution >= 4 is 21.9 Å². The molecule has 5 nitrogen and oxygen atoms in total. The van der Waals surface area contributed by atoms with E-state index in [1.165, 1.54) is 49.8 Å². The highest BCUT2D eigenvalue weighted by Crippen LogP contribution is 2.27. The topological polar surface area (TPSA) is 61.8 Å². The van der Waals surface area contributed by atoms with Crippen LogP contribution in [0.25, 0.3) is 0 Å². The maximum atomic E-state index is 12.3. The van der Waals surface area contributed by atoms with Crippen LogP contribution in [0.1, 0.15) is 75.8 Å². The number of hydrogen-bond donors (Lipinski definition) is 0. The van der Waals surface area contributed by atoms with Crippen molar-refractivity contribution in [3.63, 3.8) is 0 Å². The summed E-state index contributed by atoms with van der Waals surface area (Å²) in [5.74, 6) is 0. The largest absolute Gasteiger partial charge is 0.374 e. The van der Waals surface area contributed by atoms with E-state index in [9.17, 15) is 8.42 Å². The third-order valence-corrected chi connectivity index (χ3v) is 9.19. The molecule has 0 spiro atoms. The monoisotopic (exact) mass is 664 g/mol. The average molecular weight is 665 g/mol. The summed E-state index contributed by atoms with van der Waals surface area (Å²) >= 11 is 1.83. The summed E-state index contributed by atoms with van der Waals surface area (Å²) in [7, 11) is -3.76. The number of hydrogen-bond acceptors (Lipinski definition) is 6. The van der Waals surface area contributed by atoms with Gasteiger partial charge in [-0.3, -0.25) is 4.18 Å². The molecule has 0 aliphatic rings. The molecule has 0 saturated carbocycles. The van der Waals surface area contributed by atoms with Crippen LogP contribution in [0.4, 0.5) is 0 Å². The molecule has 0 N–H and O–H groups in total. The number of thioether (sulfide) groups is 1. The molecule has 3 aromatic rings. The summed E-state index contributed by atoms with van der Waals surface area (Å²) in [5, 5.41) is 0.224. The van der Waals surface area contributed by atoms with E-state index in [1.54, 1.807) is 0 Å². The number of benzene rings is 3. The van der Waals surface area contributed by atoms with Crippen LogP contribution in [0.15, 0.2) is 120 Å². The smallest absolute Gasteiger partial charge is 0.264 e. The zero-order valence-corrected chi connectivity index (χ0v) is 29.2. The molecule has 0 amide bonds. The Labute approximate surface area is 282 Å². The normalized spacial score (nSPS) is 14.1. The Morgan fingerprint density at radius 3 is 1.93 bits per heavy atom. The number of unbranched alkanes of at least 4 members (excludes halogenated alkanes) is 7. The molecule has 46 heavy (non-hydrogen) atoms. The highest BCUT2D eigenvalue weighted by atomic mass is 32.2. The van der Waals surface area contributed by atoms with Gasteiger partial charge in [-0.15, -0.1) is 11.8 Å². The van der Waals surface area contributed by atoms with E-state index in [2.05, 4.69) is 49.4 Å². The van der Waals surface area contributed by atoms with Crippen LogP contribution < -0.4 is 0 Å². The highest BCUT2D eigenvalue weighted by molar-refractivity contribution is 8.00. The molecule has 1 unspecified atom stereocenters. The van der Waals surface area contributed by atoms with Gasteiger partial charge in [0.05, 0.1) is 26.1 Å². The Hall–Kier alpha value is -2.68. The van der Waals surface area contributed by atoms with E-state index < -0.39 is 22.3 Å². The lowest BCUT2D eigenvalue weighted by molar-refractivity contribution is -0.0461. The molecule has 0 aliphatic heterocycles. The Morgan fingerprint density at radius 1 is 0.717 bits per heavy atom. The molecular formula is C39H52O5S2. The molecule has 0 aliphatic carbocycles. The fraction of sp³-hybridized carbons (Fsp3) is 0.436. The molecule has 0 bridgehead atoms. The highest BCUT2D eigenvalue weighted by Gasteiger charge is 2.26. The van der Waals surface area contributed by atoms with Crippen molar-refractivity contribution in [1.82, 2.24) is 0 Å². The third-order valence-electron chi connectivity index (χ3n) is 7.39. The van der Waals surface area contributed by atoms with Gasteiger partial charge in [-0.1, -0.05) is 149 Å². The quantitative estimate of drug-likeness (QED) is 0.0411. The van der Waals surface area contributed by atoms with Gasteiger partial charge < -0.3 is 9.47 Å². The van der Waals surface area contributed by atoms with Gasteiger partial charge in [-0.2, -0.15) is 8.42 Å². The molecular weight excluding hydrogens is 613 g/mol. The molecule has 3 aromatic carbocycles. The van der Waals surface area contributed by atoms with Crippen molar-refractivity contribution in [2.45, 2.75) is 100 Å². The lowest BCUT2D eigenvalue weighted by atomic mass is 10.1. The molecule has 0 aromatic heterocycles. The van der Waals surface area contributed by atoms with Crippen molar-refractivity contribution in [1.29, 1.82) is 0 Å². The Bertz CT molecular complexity index is 1340. The van der Waals surface area contributed by atoms with Gasteiger partial charge in [0.2, 0.25) is 0 Å². The first-order chi connectivity index (χ1) is 22.4. The van der Waals surface area contributed by atoms with Crippen molar-refractivity contribution in [3.05, 3.63) is 126 Å². The summed E-state index contributed by atoms with van der Waals surface area (Å²) < 4.78 is 42.5. The van der Waals surface area contributed by atoms with E-state index in [-0.39, 0.29) is 11.9 Å². The minimum atomic E-state index is -3.76. The lowest BCUT2D eigenvalue weighted by Gasteiger charge is -2.24. The van der Waals surface area contributed by atoms with Crippen LogP contribution in [0.5, 0.6) is 0 Å². The molecule has 3 atom stereocenters. The maximum Gasteiger partial charge on any atom is 0.264 e. The van der Waals surface area contributed by atoms with Gasteiger partial charge in [0.15, 0.2) is 0 Å². The average Bonchev–Trinajstić information content (AvgIpc) is 3.06. The summed E-state index contributed by atoms with van der Waals surface area (Å²) in [5.41, 5.74) is 2.00. The van der Waals surface area contributed by atoms with E-state index in [1.807, 2.05) is 84.6 Å². The second kappa shape index (κ2) is 22.8. The Morgan fingerprint density at radius 2 is 1.30 bits per heavy atom. The fourth-order valence-corrected chi connectivity index (χ4v) is 6.65. The second-order valence-electron chi connectivity index (χ2n) is 11.6. The lowest BCUT2D eigenvalue weighted by Crippen LogP contribution is -2.36. The molecule has 250 valence electrons. The minimum absolute atomic E-state index is 0.0618. The van der Waals surface area contributed by atoms with Crippen LogP contribution in [0.2, 0.25) is 0 Å². The van der Waals surface area contributed by atoms with Crippen molar-refractivity contribution in [2.75, 3.05) is 12.9 Å². The Kier molecular flexibility index (Phi) is 18.7. The maximum absolute atomic E-state index is 12.3. The molecule has 0 radical (unpaired) electrons.